The fourth-order valence-electron chi connectivity index (χ4n) is 2.27. The number of terminal acetylenes is 1. The summed E-state index contributed by atoms with van der Waals surface area (Å²) in [6.07, 6.45) is 6.02. The zero-order valence-corrected chi connectivity index (χ0v) is 14.0. The van der Waals surface area contributed by atoms with Crippen LogP contribution < -0.4 is 0 Å². The van der Waals surface area contributed by atoms with Crippen LogP contribution in [-0.4, -0.2) is 10.9 Å². The van der Waals surface area contributed by atoms with E-state index in [-0.39, 0.29) is 16.6 Å². The fourth-order valence-corrected chi connectivity index (χ4v) is 2.27. The lowest BCUT2D eigenvalue weighted by atomic mass is 9.78. The van der Waals surface area contributed by atoms with Crippen LogP contribution in [0.15, 0.2) is 12.1 Å². The highest BCUT2D eigenvalue weighted by Gasteiger charge is 2.27. The fraction of sp³-hybridized carbons (Fsp3) is 0.526. The van der Waals surface area contributed by atoms with Crippen molar-refractivity contribution in [1.82, 2.24) is 0 Å². The van der Waals surface area contributed by atoms with Crippen molar-refractivity contribution in [2.24, 2.45) is 0 Å². The number of Topliss-reactive ketones (excluding diaryl/α,β-unsaturated/α-hetero) is 1. The van der Waals surface area contributed by atoms with E-state index in [1.807, 2.05) is 53.7 Å². The first-order valence-electron chi connectivity index (χ1n) is 7.33. The van der Waals surface area contributed by atoms with Gasteiger partial charge in [-0.2, -0.15) is 0 Å². The highest BCUT2D eigenvalue weighted by molar-refractivity contribution is 5.97. The summed E-state index contributed by atoms with van der Waals surface area (Å²) in [4.78, 5) is 12.3. The van der Waals surface area contributed by atoms with Crippen LogP contribution in [-0.2, 0) is 10.8 Å². The maximum Gasteiger partial charge on any atom is 0.163 e. The molecule has 0 fully saturated rings. The van der Waals surface area contributed by atoms with Gasteiger partial charge in [0.25, 0.3) is 0 Å². The van der Waals surface area contributed by atoms with Crippen molar-refractivity contribution in [2.75, 3.05) is 0 Å². The second-order valence-electron chi connectivity index (χ2n) is 7.55. The molecule has 1 aromatic rings. The van der Waals surface area contributed by atoms with Crippen molar-refractivity contribution < 1.29 is 9.90 Å². The Balaban J connectivity index is 3.48. The third-order valence-electron chi connectivity index (χ3n) is 3.54. The van der Waals surface area contributed by atoms with Crippen molar-refractivity contribution in [3.05, 3.63) is 28.8 Å². The predicted octanol–water partition coefficient (Wildman–Crippen LogP) is 4.58. The van der Waals surface area contributed by atoms with Gasteiger partial charge >= 0.3 is 0 Å². The minimum atomic E-state index is -0.230. The van der Waals surface area contributed by atoms with E-state index in [4.69, 9.17) is 6.42 Å². The summed E-state index contributed by atoms with van der Waals surface area (Å²) < 4.78 is 0. The molecule has 114 valence electrons. The lowest BCUT2D eigenvalue weighted by Gasteiger charge is -2.28. The topological polar surface area (TPSA) is 37.3 Å². The van der Waals surface area contributed by atoms with Gasteiger partial charge in [-0.05, 0) is 23.0 Å². The Morgan fingerprint density at radius 2 is 1.52 bits per heavy atom. The van der Waals surface area contributed by atoms with Gasteiger partial charge in [0, 0.05) is 29.5 Å². The van der Waals surface area contributed by atoms with Gasteiger partial charge in [0.15, 0.2) is 5.78 Å². The number of ketones is 1. The average Bonchev–Trinajstić information content (AvgIpc) is 2.33. The van der Waals surface area contributed by atoms with Crippen LogP contribution in [0.25, 0.3) is 0 Å². The van der Waals surface area contributed by atoms with Gasteiger partial charge < -0.3 is 5.11 Å². The van der Waals surface area contributed by atoms with E-state index in [1.54, 1.807) is 0 Å². The highest BCUT2D eigenvalue weighted by Crippen LogP contribution is 2.39. The smallest absolute Gasteiger partial charge is 0.163 e. The monoisotopic (exact) mass is 286 g/mol. The predicted molar refractivity (Wildman–Crippen MR) is 87.9 cm³/mol. The highest BCUT2D eigenvalue weighted by atomic mass is 16.3. The molecule has 0 bridgehead atoms. The molecule has 1 N–H and O–H groups in total. The molecule has 0 spiro atoms. The Morgan fingerprint density at radius 3 is 1.86 bits per heavy atom. The van der Waals surface area contributed by atoms with Gasteiger partial charge in [-0.15, -0.1) is 12.3 Å². The number of benzene rings is 1. The minimum absolute atomic E-state index is 0.0314. The Labute approximate surface area is 128 Å². The summed E-state index contributed by atoms with van der Waals surface area (Å²) in [5.41, 5.74) is 1.79. The van der Waals surface area contributed by atoms with Gasteiger partial charge in [0.05, 0.1) is 0 Å². The first kappa shape index (κ1) is 17.3. The normalized spacial score (nSPS) is 12.0. The lowest BCUT2D eigenvalue weighted by Crippen LogP contribution is -2.18. The zero-order valence-electron chi connectivity index (χ0n) is 14.0. The second kappa shape index (κ2) is 5.93. The Hall–Kier alpha value is -1.75. The van der Waals surface area contributed by atoms with Crippen LogP contribution in [0.4, 0.5) is 0 Å². The number of phenolic OH excluding ortho intramolecular Hbond substituents is 1. The molecule has 1 rings (SSSR count). The van der Waals surface area contributed by atoms with Crippen LogP contribution in [0.1, 0.15) is 75.9 Å². The maximum atomic E-state index is 12.3. The van der Waals surface area contributed by atoms with Crippen molar-refractivity contribution in [3.8, 4) is 18.1 Å². The minimum Gasteiger partial charge on any atom is -0.507 e. The first-order valence-corrected chi connectivity index (χ1v) is 7.33. The molecule has 21 heavy (non-hydrogen) atoms. The summed E-state index contributed by atoms with van der Waals surface area (Å²) in [6, 6.07) is 3.62. The summed E-state index contributed by atoms with van der Waals surface area (Å²) >= 11 is 0. The van der Waals surface area contributed by atoms with E-state index < -0.39 is 0 Å². The van der Waals surface area contributed by atoms with Gasteiger partial charge in [0.2, 0.25) is 0 Å². The zero-order chi connectivity index (χ0) is 16.4. The number of hydrogen-bond acceptors (Lipinski definition) is 2. The van der Waals surface area contributed by atoms with Crippen LogP contribution >= 0.6 is 0 Å². The van der Waals surface area contributed by atoms with E-state index >= 15 is 0 Å². The number of carbonyl (C=O) groups excluding carboxylic acids is 1. The molecular weight excluding hydrogens is 260 g/mol. The molecular formula is C19H26O2. The maximum absolute atomic E-state index is 12.3. The number of carbonyl (C=O) groups is 1. The molecule has 0 aliphatic heterocycles. The summed E-state index contributed by atoms with van der Waals surface area (Å²) in [7, 11) is 0. The molecule has 0 heterocycles. The standard InChI is InChI=1S/C19H26O2/c1-8-9-10-16(20)13-11-14(18(2,3)4)17(21)15(12-13)19(5,6)7/h1,11-12,21H,9-10H2,2-7H3. The molecule has 1 aromatic carbocycles. The third kappa shape index (κ3) is 4.11. The molecule has 0 amide bonds. The molecule has 0 aliphatic rings. The SMILES string of the molecule is C#CCCC(=O)c1cc(C(C)(C)C)c(O)c(C(C)(C)C)c1. The summed E-state index contributed by atoms with van der Waals surface area (Å²) in [6.45, 7) is 12.2. The molecule has 0 radical (unpaired) electrons. The van der Waals surface area contributed by atoms with Crippen LogP contribution in [0.5, 0.6) is 5.75 Å². The second-order valence-corrected chi connectivity index (χ2v) is 7.55. The molecule has 0 atom stereocenters. The van der Waals surface area contributed by atoms with Gasteiger partial charge in [0.1, 0.15) is 5.75 Å². The quantitative estimate of drug-likeness (QED) is 0.652. The van der Waals surface area contributed by atoms with Crippen molar-refractivity contribution >= 4 is 5.78 Å². The van der Waals surface area contributed by atoms with Gasteiger partial charge in [-0.3, -0.25) is 4.79 Å². The molecule has 0 unspecified atom stereocenters. The van der Waals surface area contributed by atoms with Gasteiger partial charge in [-0.1, -0.05) is 41.5 Å². The molecule has 0 aliphatic carbocycles. The van der Waals surface area contributed by atoms with E-state index in [0.717, 1.165) is 11.1 Å². The molecule has 2 nitrogen and oxygen atoms in total. The molecule has 2 heteroatoms. The number of phenols is 1. The molecule has 0 saturated carbocycles. The first-order chi connectivity index (χ1) is 9.48. The number of aromatic hydroxyl groups is 1. The van der Waals surface area contributed by atoms with Crippen LogP contribution in [0.3, 0.4) is 0 Å². The number of rotatable bonds is 3. The molecule has 0 aromatic heterocycles. The number of hydrogen-bond donors (Lipinski definition) is 1. The van der Waals surface area contributed by atoms with E-state index in [0.29, 0.717) is 24.2 Å². The Kier molecular flexibility index (Phi) is 4.89. The Bertz CT molecular complexity index is 540. The van der Waals surface area contributed by atoms with E-state index in [2.05, 4.69) is 5.92 Å². The summed E-state index contributed by atoms with van der Waals surface area (Å²) in [5.74, 6) is 2.83. The molecule has 0 saturated heterocycles. The summed E-state index contributed by atoms with van der Waals surface area (Å²) in [5, 5.41) is 10.6. The van der Waals surface area contributed by atoms with Crippen molar-refractivity contribution in [1.29, 1.82) is 0 Å². The Morgan fingerprint density at radius 1 is 1.10 bits per heavy atom. The van der Waals surface area contributed by atoms with Crippen molar-refractivity contribution in [3.63, 3.8) is 0 Å². The van der Waals surface area contributed by atoms with Crippen molar-refractivity contribution in [2.45, 2.75) is 65.2 Å². The third-order valence-corrected chi connectivity index (χ3v) is 3.54. The van der Waals surface area contributed by atoms with E-state index in [9.17, 15) is 9.90 Å². The van der Waals surface area contributed by atoms with Gasteiger partial charge in [-0.25, -0.2) is 0 Å². The van der Waals surface area contributed by atoms with E-state index in [1.165, 1.54) is 0 Å². The largest absolute Gasteiger partial charge is 0.507 e. The van der Waals surface area contributed by atoms with Crippen LogP contribution in [0, 0.1) is 12.3 Å². The lowest BCUT2D eigenvalue weighted by molar-refractivity contribution is 0.0984. The van der Waals surface area contributed by atoms with Crippen LogP contribution in [0.2, 0.25) is 0 Å². The average molecular weight is 286 g/mol.